The summed E-state index contributed by atoms with van der Waals surface area (Å²) in [5, 5.41) is 3.80. The lowest BCUT2D eigenvalue weighted by Crippen LogP contribution is -2.51. The molecule has 0 atom stereocenters. The molecule has 0 N–H and O–H groups in total. The number of rotatable bonds is 2. The zero-order chi connectivity index (χ0) is 24.6. The molecule has 0 aliphatic heterocycles. The van der Waals surface area contributed by atoms with Gasteiger partial charge in [-0.3, -0.25) is 0 Å². The van der Waals surface area contributed by atoms with Crippen LogP contribution in [-0.2, 0) is 0 Å². The van der Waals surface area contributed by atoms with Crippen molar-refractivity contribution in [2.24, 2.45) is 0 Å². The third-order valence-electron chi connectivity index (χ3n) is 7.16. The van der Waals surface area contributed by atoms with Crippen molar-refractivity contribution in [3.05, 3.63) is 114 Å². The average molecular weight is 479 g/mol. The van der Waals surface area contributed by atoms with Crippen molar-refractivity contribution in [3.8, 4) is 34.8 Å². The molecule has 0 aromatic heterocycles. The van der Waals surface area contributed by atoms with Gasteiger partial charge in [-0.15, -0.1) is 17.0 Å². The third-order valence-corrected chi connectivity index (χ3v) is 11.3. The van der Waals surface area contributed by atoms with Gasteiger partial charge in [0.25, 0.3) is 8.07 Å². The highest BCUT2D eigenvalue weighted by atomic mass is 28.3. The zero-order valence-electron chi connectivity index (χ0n) is 20.9. The van der Waals surface area contributed by atoms with E-state index in [1.165, 1.54) is 48.1 Å². The summed E-state index contributed by atoms with van der Waals surface area (Å²) in [4.78, 5) is 0. The Hall–Kier alpha value is -3.96. The summed E-state index contributed by atoms with van der Waals surface area (Å²) < 4.78 is 0. The lowest BCUT2D eigenvalue weighted by atomic mass is 10.0. The van der Waals surface area contributed by atoms with Gasteiger partial charge in [0.1, 0.15) is 0 Å². The standard InChI is InChI=1S/C35H30Si/c1-2-14-31-19-12-20-32-21-13-24-34(35(31)32)36(33-22-10-5-11-23-33,27-25-29-15-6-3-7-16-29)28-26-30-17-8-4-9-18-30/h3-4,6-9,12-13,15-21,24,33H,5,10-11,22-23H2,1H3. The summed E-state index contributed by atoms with van der Waals surface area (Å²) >= 11 is 0. The Bertz CT molecular complexity index is 1460. The molecule has 0 saturated heterocycles. The Balaban J connectivity index is 1.84. The van der Waals surface area contributed by atoms with Gasteiger partial charge in [-0.2, -0.15) is 0 Å². The van der Waals surface area contributed by atoms with Crippen LogP contribution in [0.2, 0.25) is 5.54 Å². The minimum Gasteiger partial charge on any atom is -0.104 e. The summed E-state index contributed by atoms with van der Waals surface area (Å²) in [5.74, 6) is 13.7. The Morgan fingerprint density at radius 2 is 1.19 bits per heavy atom. The van der Waals surface area contributed by atoms with E-state index in [2.05, 4.69) is 120 Å². The first-order valence-electron chi connectivity index (χ1n) is 12.9. The highest BCUT2D eigenvalue weighted by Gasteiger charge is 2.43. The molecular formula is C35H30Si. The summed E-state index contributed by atoms with van der Waals surface area (Å²) in [6.45, 7) is 1.91. The average Bonchev–Trinajstić information content (AvgIpc) is 2.95. The summed E-state index contributed by atoms with van der Waals surface area (Å²) in [6.07, 6.45) is 6.20. The maximum atomic E-state index is 3.93. The molecule has 4 aromatic carbocycles. The van der Waals surface area contributed by atoms with Crippen LogP contribution in [0.3, 0.4) is 0 Å². The smallest absolute Gasteiger partial charge is 0.104 e. The Labute approximate surface area is 216 Å². The molecule has 1 saturated carbocycles. The van der Waals surface area contributed by atoms with E-state index in [1.807, 2.05) is 19.1 Å². The molecule has 0 amide bonds. The SMILES string of the molecule is CC#Cc1cccc2cccc([Si](C#Cc3ccccc3)(C#Cc3ccccc3)C3CCCCC3)c12. The predicted octanol–water partition coefficient (Wildman–Crippen LogP) is 7.38. The van der Waals surface area contributed by atoms with Gasteiger partial charge < -0.3 is 0 Å². The lowest BCUT2D eigenvalue weighted by Gasteiger charge is -2.34. The quantitative estimate of drug-likeness (QED) is 0.208. The highest BCUT2D eigenvalue weighted by molar-refractivity contribution is 7.06. The van der Waals surface area contributed by atoms with Gasteiger partial charge in [-0.25, -0.2) is 0 Å². The van der Waals surface area contributed by atoms with Crippen LogP contribution in [0.4, 0.5) is 0 Å². The van der Waals surface area contributed by atoms with Crippen LogP contribution >= 0.6 is 0 Å². The molecular weight excluding hydrogens is 448 g/mol. The van der Waals surface area contributed by atoms with Crippen LogP contribution in [0.25, 0.3) is 10.8 Å². The molecule has 36 heavy (non-hydrogen) atoms. The van der Waals surface area contributed by atoms with E-state index in [0.29, 0.717) is 5.54 Å². The minimum absolute atomic E-state index is 0.493. The molecule has 1 fully saturated rings. The molecule has 4 aromatic rings. The summed E-state index contributed by atoms with van der Waals surface area (Å²) in [5.41, 5.74) is 11.6. The molecule has 0 spiro atoms. The summed E-state index contributed by atoms with van der Waals surface area (Å²) in [7, 11) is -2.65. The molecule has 1 aliphatic carbocycles. The fraction of sp³-hybridized carbons (Fsp3) is 0.200. The van der Waals surface area contributed by atoms with Crippen molar-refractivity contribution < 1.29 is 0 Å². The van der Waals surface area contributed by atoms with Crippen molar-refractivity contribution in [2.75, 3.05) is 0 Å². The van der Waals surface area contributed by atoms with E-state index in [4.69, 9.17) is 0 Å². The van der Waals surface area contributed by atoms with Gasteiger partial charge in [-0.05, 0) is 58.8 Å². The van der Waals surface area contributed by atoms with Crippen LogP contribution < -0.4 is 5.19 Å². The first-order valence-corrected chi connectivity index (χ1v) is 15.0. The Morgan fingerprint density at radius 1 is 0.611 bits per heavy atom. The second kappa shape index (κ2) is 11.2. The third kappa shape index (κ3) is 5.02. The highest BCUT2D eigenvalue weighted by Crippen LogP contribution is 2.38. The first-order chi connectivity index (χ1) is 17.8. The molecule has 174 valence electrons. The maximum absolute atomic E-state index is 3.93. The molecule has 0 unspecified atom stereocenters. The number of hydrogen-bond acceptors (Lipinski definition) is 0. The maximum Gasteiger partial charge on any atom is 0.250 e. The Morgan fingerprint density at radius 3 is 1.78 bits per heavy atom. The van der Waals surface area contributed by atoms with E-state index in [9.17, 15) is 0 Å². The van der Waals surface area contributed by atoms with Gasteiger partial charge in [0.05, 0.1) is 0 Å². The van der Waals surface area contributed by atoms with Gasteiger partial charge in [0, 0.05) is 16.7 Å². The van der Waals surface area contributed by atoms with E-state index in [-0.39, 0.29) is 0 Å². The zero-order valence-corrected chi connectivity index (χ0v) is 21.9. The van der Waals surface area contributed by atoms with Crippen LogP contribution in [0.1, 0.15) is 55.7 Å². The van der Waals surface area contributed by atoms with Crippen molar-refractivity contribution in [3.63, 3.8) is 0 Å². The van der Waals surface area contributed by atoms with Gasteiger partial charge in [0.2, 0.25) is 0 Å². The van der Waals surface area contributed by atoms with Gasteiger partial charge >= 0.3 is 0 Å². The normalized spacial score (nSPS) is 13.5. The molecule has 5 rings (SSSR count). The largest absolute Gasteiger partial charge is 0.250 e. The molecule has 0 bridgehead atoms. The van der Waals surface area contributed by atoms with Crippen molar-refractivity contribution in [1.29, 1.82) is 0 Å². The minimum atomic E-state index is -2.65. The van der Waals surface area contributed by atoms with E-state index in [1.54, 1.807) is 0 Å². The Kier molecular flexibility index (Phi) is 7.38. The first kappa shape index (κ1) is 23.8. The molecule has 1 heteroatoms. The summed E-state index contributed by atoms with van der Waals surface area (Å²) in [6, 6.07) is 34.0. The predicted molar refractivity (Wildman–Crippen MR) is 155 cm³/mol. The monoisotopic (exact) mass is 478 g/mol. The number of fused-ring (bicyclic) bond motifs is 1. The molecule has 0 heterocycles. The fourth-order valence-electron chi connectivity index (χ4n) is 5.42. The van der Waals surface area contributed by atoms with Crippen molar-refractivity contribution in [2.45, 2.75) is 44.6 Å². The van der Waals surface area contributed by atoms with Crippen molar-refractivity contribution in [1.82, 2.24) is 0 Å². The topological polar surface area (TPSA) is 0 Å². The number of benzene rings is 4. The van der Waals surface area contributed by atoms with Crippen molar-refractivity contribution >= 4 is 24.0 Å². The van der Waals surface area contributed by atoms with Gasteiger partial charge in [0.15, 0.2) is 0 Å². The van der Waals surface area contributed by atoms with E-state index in [0.717, 1.165) is 16.7 Å². The number of hydrogen-bond donors (Lipinski definition) is 0. The van der Waals surface area contributed by atoms with Crippen LogP contribution in [0.5, 0.6) is 0 Å². The van der Waals surface area contributed by atoms with Crippen LogP contribution in [0.15, 0.2) is 97.1 Å². The second-order valence-corrected chi connectivity index (χ2v) is 12.9. The van der Waals surface area contributed by atoms with E-state index >= 15 is 0 Å². The molecule has 0 radical (unpaired) electrons. The molecule has 0 nitrogen and oxygen atoms in total. The fourth-order valence-corrected chi connectivity index (χ4v) is 9.59. The van der Waals surface area contributed by atoms with Crippen LogP contribution in [0, 0.1) is 34.8 Å². The lowest BCUT2D eigenvalue weighted by molar-refractivity contribution is 0.497. The second-order valence-electron chi connectivity index (χ2n) is 9.46. The molecule has 1 aliphatic rings. The van der Waals surface area contributed by atoms with Gasteiger partial charge in [-0.1, -0.05) is 117 Å². The van der Waals surface area contributed by atoms with E-state index < -0.39 is 8.07 Å². The van der Waals surface area contributed by atoms with Crippen LogP contribution in [-0.4, -0.2) is 8.07 Å².